The molecular weight excluding hydrogens is 317 g/mol. The molecule has 1 N–H and O–H groups in total. The molecule has 0 aliphatic rings. The number of aromatic carboxylic acids is 1. The highest BCUT2D eigenvalue weighted by Crippen LogP contribution is 2.25. The van der Waals surface area contributed by atoms with E-state index in [4.69, 9.17) is 14.3 Å². The van der Waals surface area contributed by atoms with Gasteiger partial charge in [-0.05, 0) is 32.0 Å². The van der Waals surface area contributed by atoms with Gasteiger partial charge in [0.15, 0.2) is 11.6 Å². The SMILES string of the molecule is CCOc1c(F)cccc1C(=O)N(C)Cc1cc(C(=O)O)c(C)o1. The summed E-state index contributed by atoms with van der Waals surface area (Å²) in [5.74, 6) is -1.67. The zero-order valence-electron chi connectivity index (χ0n) is 13.6. The van der Waals surface area contributed by atoms with Gasteiger partial charge in [-0.25, -0.2) is 9.18 Å². The Kier molecular flexibility index (Phi) is 5.23. The molecule has 0 aliphatic carbocycles. The fourth-order valence-corrected chi connectivity index (χ4v) is 2.31. The first-order valence-electron chi connectivity index (χ1n) is 7.34. The van der Waals surface area contributed by atoms with E-state index >= 15 is 0 Å². The van der Waals surface area contributed by atoms with Crippen molar-refractivity contribution in [2.24, 2.45) is 0 Å². The summed E-state index contributed by atoms with van der Waals surface area (Å²) < 4.78 is 24.4. The lowest BCUT2D eigenvalue weighted by molar-refractivity contribution is 0.0694. The number of carboxylic acids is 1. The highest BCUT2D eigenvalue weighted by Gasteiger charge is 2.22. The zero-order chi connectivity index (χ0) is 17.9. The smallest absolute Gasteiger partial charge is 0.339 e. The average molecular weight is 335 g/mol. The maximum absolute atomic E-state index is 13.9. The number of aryl methyl sites for hydroxylation is 1. The summed E-state index contributed by atoms with van der Waals surface area (Å²) in [6.07, 6.45) is 0. The molecule has 0 saturated carbocycles. The highest BCUT2D eigenvalue weighted by atomic mass is 19.1. The number of hydrogen-bond donors (Lipinski definition) is 1. The Hall–Kier alpha value is -2.83. The molecule has 0 atom stereocenters. The van der Waals surface area contributed by atoms with Crippen molar-refractivity contribution in [2.75, 3.05) is 13.7 Å². The van der Waals surface area contributed by atoms with E-state index in [1.54, 1.807) is 6.92 Å². The molecule has 1 heterocycles. The van der Waals surface area contributed by atoms with Crippen LogP contribution in [0.4, 0.5) is 4.39 Å². The predicted octanol–water partition coefficient (Wildman–Crippen LogP) is 3.10. The highest BCUT2D eigenvalue weighted by molar-refractivity contribution is 5.96. The zero-order valence-corrected chi connectivity index (χ0v) is 13.6. The predicted molar refractivity (Wildman–Crippen MR) is 83.8 cm³/mol. The minimum absolute atomic E-state index is 0.0478. The normalized spacial score (nSPS) is 10.5. The van der Waals surface area contributed by atoms with Gasteiger partial charge < -0.3 is 19.2 Å². The van der Waals surface area contributed by atoms with Crippen LogP contribution in [0.3, 0.4) is 0 Å². The molecule has 2 aromatic rings. The topological polar surface area (TPSA) is 80.0 Å². The summed E-state index contributed by atoms with van der Waals surface area (Å²) in [6, 6.07) is 5.49. The molecule has 128 valence electrons. The molecular formula is C17H18FNO5. The van der Waals surface area contributed by atoms with Crippen molar-refractivity contribution < 1.29 is 28.2 Å². The third kappa shape index (κ3) is 3.56. The summed E-state index contributed by atoms with van der Waals surface area (Å²) in [5.41, 5.74) is 0.146. The molecule has 2 rings (SSSR count). The van der Waals surface area contributed by atoms with Crippen LogP contribution in [0.25, 0.3) is 0 Å². The van der Waals surface area contributed by atoms with Gasteiger partial charge in [0.1, 0.15) is 17.1 Å². The first-order chi connectivity index (χ1) is 11.3. The molecule has 0 bridgehead atoms. The standard InChI is InChI=1S/C17H18FNO5/c1-4-23-15-12(6-5-7-14(15)18)16(20)19(3)9-11-8-13(17(21)22)10(2)24-11/h5-8H,4,9H2,1-3H3,(H,21,22). The van der Waals surface area contributed by atoms with Gasteiger partial charge in [0, 0.05) is 7.05 Å². The first-order valence-corrected chi connectivity index (χ1v) is 7.34. The summed E-state index contributed by atoms with van der Waals surface area (Å²) >= 11 is 0. The second-order valence-electron chi connectivity index (χ2n) is 5.20. The van der Waals surface area contributed by atoms with Crippen molar-refractivity contribution >= 4 is 11.9 Å². The minimum Gasteiger partial charge on any atom is -0.490 e. The van der Waals surface area contributed by atoms with Gasteiger partial charge in [-0.1, -0.05) is 6.07 Å². The van der Waals surface area contributed by atoms with Crippen molar-refractivity contribution in [3.63, 3.8) is 0 Å². The lowest BCUT2D eigenvalue weighted by atomic mass is 10.1. The molecule has 0 aliphatic heterocycles. The Morgan fingerprint density at radius 2 is 2.04 bits per heavy atom. The van der Waals surface area contributed by atoms with Crippen molar-refractivity contribution in [3.8, 4) is 5.75 Å². The van der Waals surface area contributed by atoms with Gasteiger partial charge in [-0.3, -0.25) is 4.79 Å². The number of para-hydroxylation sites is 1. The van der Waals surface area contributed by atoms with E-state index in [0.29, 0.717) is 5.76 Å². The number of carboxylic acid groups (broad SMARTS) is 1. The summed E-state index contributed by atoms with van der Waals surface area (Å²) in [7, 11) is 1.52. The number of rotatable bonds is 6. The Balaban J connectivity index is 2.23. The van der Waals surface area contributed by atoms with Crippen LogP contribution in [-0.4, -0.2) is 35.5 Å². The average Bonchev–Trinajstić information content (AvgIpc) is 2.89. The van der Waals surface area contributed by atoms with Crippen LogP contribution < -0.4 is 4.74 Å². The van der Waals surface area contributed by atoms with E-state index in [1.165, 1.54) is 43.1 Å². The lowest BCUT2D eigenvalue weighted by Gasteiger charge is -2.18. The Morgan fingerprint density at radius 1 is 1.33 bits per heavy atom. The lowest BCUT2D eigenvalue weighted by Crippen LogP contribution is -2.26. The van der Waals surface area contributed by atoms with E-state index in [-0.39, 0.29) is 35.8 Å². The molecule has 0 spiro atoms. The fourth-order valence-electron chi connectivity index (χ4n) is 2.31. The van der Waals surface area contributed by atoms with E-state index in [2.05, 4.69) is 0 Å². The van der Waals surface area contributed by atoms with Crippen LogP contribution in [0.2, 0.25) is 0 Å². The summed E-state index contributed by atoms with van der Waals surface area (Å²) in [5, 5.41) is 9.03. The molecule has 0 unspecified atom stereocenters. The maximum Gasteiger partial charge on any atom is 0.339 e. The van der Waals surface area contributed by atoms with Crippen LogP contribution in [0.5, 0.6) is 5.75 Å². The largest absolute Gasteiger partial charge is 0.490 e. The number of carbonyl (C=O) groups is 2. The van der Waals surface area contributed by atoms with Crippen LogP contribution in [0.15, 0.2) is 28.7 Å². The van der Waals surface area contributed by atoms with E-state index < -0.39 is 17.7 Å². The Morgan fingerprint density at radius 3 is 2.62 bits per heavy atom. The number of benzene rings is 1. The molecule has 6 nitrogen and oxygen atoms in total. The molecule has 1 aromatic carbocycles. The third-order valence-electron chi connectivity index (χ3n) is 3.42. The van der Waals surface area contributed by atoms with Crippen LogP contribution in [0, 0.1) is 12.7 Å². The van der Waals surface area contributed by atoms with Crippen LogP contribution in [-0.2, 0) is 6.54 Å². The van der Waals surface area contributed by atoms with E-state index in [9.17, 15) is 14.0 Å². The maximum atomic E-state index is 13.9. The van der Waals surface area contributed by atoms with Gasteiger partial charge >= 0.3 is 5.97 Å². The summed E-state index contributed by atoms with van der Waals surface area (Å²) in [6.45, 7) is 3.51. The number of halogens is 1. The van der Waals surface area contributed by atoms with Crippen molar-refractivity contribution in [1.29, 1.82) is 0 Å². The van der Waals surface area contributed by atoms with Gasteiger partial charge in [-0.2, -0.15) is 0 Å². The monoisotopic (exact) mass is 335 g/mol. The number of nitrogens with zero attached hydrogens (tertiary/aromatic N) is 1. The molecule has 1 amide bonds. The van der Waals surface area contributed by atoms with Crippen LogP contribution in [0.1, 0.15) is 39.2 Å². The van der Waals surface area contributed by atoms with Gasteiger partial charge in [0.05, 0.1) is 18.7 Å². The molecule has 24 heavy (non-hydrogen) atoms. The van der Waals surface area contributed by atoms with Crippen LogP contribution >= 0.6 is 0 Å². The molecule has 1 aromatic heterocycles. The number of carbonyl (C=O) groups excluding carboxylic acids is 1. The quantitative estimate of drug-likeness (QED) is 0.877. The van der Waals surface area contributed by atoms with Crippen molar-refractivity contribution in [3.05, 3.63) is 52.7 Å². The minimum atomic E-state index is -1.10. The number of ether oxygens (including phenoxy) is 1. The van der Waals surface area contributed by atoms with Gasteiger partial charge in [-0.15, -0.1) is 0 Å². The fraction of sp³-hybridized carbons (Fsp3) is 0.294. The summed E-state index contributed by atoms with van der Waals surface area (Å²) in [4.78, 5) is 24.9. The Labute approximate surface area is 138 Å². The second kappa shape index (κ2) is 7.16. The number of hydrogen-bond acceptors (Lipinski definition) is 4. The van der Waals surface area contributed by atoms with Crippen molar-refractivity contribution in [2.45, 2.75) is 20.4 Å². The number of amides is 1. The van der Waals surface area contributed by atoms with E-state index in [0.717, 1.165) is 0 Å². The molecule has 7 heteroatoms. The van der Waals surface area contributed by atoms with Crippen molar-refractivity contribution in [1.82, 2.24) is 4.90 Å². The first kappa shape index (κ1) is 17.5. The third-order valence-corrected chi connectivity index (χ3v) is 3.42. The van der Waals surface area contributed by atoms with Gasteiger partial charge in [0.2, 0.25) is 0 Å². The molecule has 0 radical (unpaired) electrons. The van der Waals surface area contributed by atoms with E-state index in [1.807, 2.05) is 0 Å². The van der Waals surface area contributed by atoms with Gasteiger partial charge in [0.25, 0.3) is 5.91 Å². The second-order valence-corrected chi connectivity index (χ2v) is 5.20. The number of furan rings is 1. The Bertz CT molecular complexity index is 768. The molecule has 0 fully saturated rings. The molecule has 0 saturated heterocycles.